The van der Waals surface area contributed by atoms with Crippen LogP contribution in [0.3, 0.4) is 0 Å². The minimum absolute atomic E-state index is 1.11. The molecular weight excluding hydrogens is 781 g/mol. The third-order valence-corrected chi connectivity index (χ3v) is 13.6. The largest absolute Gasteiger partial charge is 0.310 e. The molecule has 0 saturated heterocycles. The number of para-hydroxylation sites is 1. The lowest BCUT2D eigenvalue weighted by atomic mass is 10.00. The summed E-state index contributed by atoms with van der Waals surface area (Å²) < 4.78 is 5.00. The highest BCUT2D eigenvalue weighted by Crippen LogP contribution is 2.42. The summed E-state index contributed by atoms with van der Waals surface area (Å²) in [5.74, 6) is 0. The Hall–Kier alpha value is -7.98. The molecule has 12 rings (SSSR count). The Morgan fingerprint density at radius 3 is 1.32 bits per heavy atom. The third kappa shape index (κ3) is 6.67. The van der Waals surface area contributed by atoms with E-state index in [0.29, 0.717) is 0 Å². The van der Waals surface area contributed by atoms with Crippen LogP contribution >= 0.6 is 11.3 Å². The molecule has 0 spiro atoms. The molecule has 0 aliphatic heterocycles. The zero-order valence-electron chi connectivity index (χ0n) is 34.4. The first-order chi connectivity index (χ1) is 31.2. The van der Waals surface area contributed by atoms with Crippen LogP contribution in [-0.2, 0) is 0 Å². The predicted octanol–water partition coefficient (Wildman–Crippen LogP) is 17.3. The second-order valence-corrected chi connectivity index (χ2v) is 17.2. The Morgan fingerprint density at radius 1 is 0.270 bits per heavy atom. The monoisotopic (exact) mass is 820 g/mol. The van der Waals surface area contributed by atoms with Crippen molar-refractivity contribution in [3.05, 3.63) is 243 Å². The van der Waals surface area contributed by atoms with Crippen LogP contribution in [0.15, 0.2) is 243 Å². The number of fused-ring (bicyclic) bond motifs is 6. The van der Waals surface area contributed by atoms with Crippen LogP contribution in [0.1, 0.15) is 0 Å². The Bertz CT molecular complexity index is 3570. The minimum Gasteiger partial charge on any atom is -0.310 e. The maximum Gasteiger partial charge on any atom is 0.0541 e. The van der Waals surface area contributed by atoms with Crippen molar-refractivity contribution in [1.29, 1.82) is 0 Å². The number of benzene rings is 10. The van der Waals surface area contributed by atoms with Crippen LogP contribution in [0.5, 0.6) is 0 Å². The van der Waals surface area contributed by atoms with Gasteiger partial charge in [0.2, 0.25) is 0 Å². The van der Waals surface area contributed by atoms with Gasteiger partial charge >= 0.3 is 0 Å². The average molecular weight is 821 g/mol. The van der Waals surface area contributed by atoms with E-state index in [1.807, 2.05) is 11.3 Å². The van der Waals surface area contributed by atoms with Gasteiger partial charge in [0.25, 0.3) is 0 Å². The Kier molecular flexibility index (Phi) is 9.06. The second kappa shape index (κ2) is 15.5. The maximum absolute atomic E-state index is 2.39. The molecule has 0 bridgehead atoms. The molecular formula is C60H40N2S. The number of aromatic nitrogens is 1. The van der Waals surface area contributed by atoms with Gasteiger partial charge < -0.3 is 9.47 Å². The molecule has 0 N–H and O–H groups in total. The molecule has 0 unspecified atom stereocenters. The molecule has 63 heavy (non-hydrogen) atoms. The number of rotatable bonds is 8. The van der Waals surface area contributed by atoms with E-state index in [9.17, 15) is 0 Å². The number of nitrogens with zero attached hydrogens (tertiary/aromatic N) is 2. The van der Waals surface area contributed by atoms with Crippen LogP contribution in [0.2, 0.25) is 0 Å². The zero-order chi connectivity index (χ0) is 41.7. The van der Waals surface area contributed by atoms with Crippen LogP contribution in [0.4, 0.5) is 17.1 Å². The van der Waals surface area contributed by atoms with Gasteiger partial charge in [-0.3, -0.25) is 0 Å². The molecule has 0 amide bonds. The Morgan fingerprint density at radius 2 is 0.698 bits per heavy atom. The van der Waals surface area contributed by atoms with Gasteiger partial charge in [-0.2, -0.15) is 0 Å². The summed E-state index contributed by atoms with van der Waals surface area (Å²) >= 11 is 1.85. The first-order valence-electron chi connectivity index (χ1n) is 21.5. The molecule has 12 aromatic rings. The van der Waals surface area contributed by atoms with E-state index in [-0.39, 0.29) is 0 Å². The fourth-order valence-electron chi connectivity index (χ4n) is 9.26. The second-order valence-electron chi connectivity index (χ2n) is 16.1. The van der Waals surface area contributed by atoms with Gasteiger partial charge in [-0.05, 0) is 123 Å². The van der Waals surface area contributed by atoms with E-state index in [4.69, 9.17) is 0 Å². The minimum atomic E-state index is 1.11. The van der Waals surface area contributed by atoms with Gasteiger partial charge in [0.15, 0.2) is 0 Å². The Balaban J connectivity index is 0.908. The van der Waals surface area contributed by atoms with Crippen LogP contribution < -0.4 is 4.90 Å². The first kappa shape index (κ1) is 36.8. The van der Waals surface area contributed by atoms with Crippen molar-refractivity contribution in [2.45, 2.75) is 0 Å². The highest BCUT2D eigenvalue weighted by atomic mass is 32.1. The molecule has 2 aromatic heterocycles. The van der Waals surface area contributed by atoms with E-state index in [1.165, 1.54) is 86.5 Å². The van der Waals surface area contributed by atoms with Crippen LogP contribution in [0, 0.1) is 0 Å². The average Bonchev–Trinajstić information content (AvgIpc) is 3.90. The maximum atomic E-state index is 2.39. The fourth-order valence-corrected chi connectivity index (χ4v) is 10.3. The van der Waals surface area contributed by atoms with Gasteiger partial charge in [-0.1, -0.05) is 164 Å². The molecule has 0 saturated carbocycles. The lowest BCUT2D eigenvalue weighted by molar-refractivity contribution is 1.18. The van der Waals surface area contributed by atoms with Gasteiger partial charge in [-0.15, -0.1) is 11.3 Å². The fraction of sp³-hybridized carbons (Fsp3) is 0. The van der Waals surface area contributed by atoms with E-state index < -0.39 is 0 Å². The van der Waals surface area contributed by atoms with Crippen molar-refractivity contribution in [2.75, 3.05) is 4.90 Å². The molecule has 3 heteroatoms. The molecule has 0 aliphatic rings. The first-order valence-corrected chi connectivity index (χ1v) is 22.3. The van der Waals surface area contributed by atoms with Gasteiger partial charge in [0.05, 0.1) is 11.0 Å². The molecule has 296 valence electrons. The molecule has 10 aromatic carbocycles. The molecule has 0 radical (unpaired) electrons. The van der Waals surface area contributed by atoms with E-state index in [1.54, 1.807) is 0 Å². The van der Waals surface area contributed by atoms with Crippen LogP contribution in [-0.4, -0.2) is 4.57 Å². The normalized spacial score (nSPS) is 11.5. The lowest BCUT2D eigenvalue weighted by Gasteiger charge is -2.26. The van der Waals surface area contributed by atoms with Crippen molar-refractivity contribution in [3.63, 3.8) is 0 Å². The standard InChI is InChI=1S/C60H40N2S/c1-3-11-41(12-4-1)43-19-21-44(22-20-43)46-23-30-49(31-24-46)61(52-36-38-60-56(40-52)54-16-8-10-18-59(54)63-60)50-32-27-47(28-33-50)48-29-37-58-55(39-48)53-15-7-9-17-57(53)62(58)51-34-25-45(26-35-51)42-13-5-2-6-14-42/h1-40H. The molecule has 0 atom stereocenters. The van der Waals surface area contributed by atoms with Gasteiger partial charge in [0.1, 0.15) is 0 Å². The summed E-state index contributed by atoms with van der Waals surface area (Å²) in [5.41, 5.74) is 16.5. The lowest BCUT2D eigenvalue weighted by Crippen LogP contribution is -2.09. The number of hydrogen-bond donors (Lipinski definition) is 0. The van der Waals surface area contributed by atoms with Crippen molar-refractivity contribution in [2.24, 2.45) is 0 Å². The summed E-state index contributed by atoms with van der Waals surface area (Å²) in [7, 11) is 0. The highest BCUT2D eigenvalue weighted by Gasteiger charge is 2.17. The molecule has 0 aliphatic carbocycles. The highest BCUT2D eigenvalue weighted by molar-refractivity contribution is 7.25. The van der Waals surface area contributed by atoms with Crippen molar-refractivity contribution >= 4 is 70.4 Å². The topological polar surface area (TPSA) is 8.17 Å². The number of thiophene rings is 1. The third-order valence-electron chi connectivity index (χ3n) is 12.4. The van der Waals surface area contributed by atoms with Crippen molar-refractivity contribution in [3.8, 4) is 50.2 Å². The summed E-state index contributed by atoms with van der Waals surface area (Å²) in [6, 6.07) is 88.3. The Labute approximate surface area is 370 Å². The summed E-state index contributed by atoms with van der Waals surface area (Å²) in [4.78, 5) is 2.39. The smallest absolute Gasteiger partial charge is 0.0541 e. The molecule has 2 nitrogen and oxygen atoms in total. The summed E-state index contributed by atoms with van der Waals surface area (Å²) in [6.07, 6.45) is 0. The number of anilines is 3. The SMILES string of the molecule is c1ccc(-c2ccc(-c3ccc(N(c4ccc(-c5ccc6c(c5)c5ccccc5n6-c5ccc(-c6ccccc6)cc5)cc4)c4ccc5sc6ccccc6c5c4)cc3)cc2)cc1. The number of hydrogen-bond acceptors (Lipinski definition) is 2. The van der Waals surface area contributed by atoms with Crippen molar-refractivity contribution in [1.82, 2.24) is 4.57 Å². The quantitative estimate of drug-likeness (QED) is 0.148. The van der Waals surface area contributed by atoms with Gasteiger partial charge in [0, 0.05) is 53.7 Å². The summed E-state index contributed by atoms with van der Waals surface area (Å²) in [6.45, 7) is 0. The van der Waals surface area contributed by atoms with E-state index >= 15 is 0 Å². The van der Waals surface area contributed by atoms with Crippen LogP contribution in [0.25, 0.3) is 92.2 Å². The zero-order valence-corrected chi connectivity index (χ0v) is 35.2. The van der Waals surface area contributed by atoms with Crippen molar-refractivity contribution < 1.29 is 0 Å². The predicted molar refractivity (Wildman–Crippen MR) is 270 cm³/mol. The van der Waals surface area contributed by atoms with E-state index in [0.717, 1.165) is 22.7 Å². The summed E-state index contributed by atoms with van der Waals surface area (Å²) in [5, 5.41) is 5.07. The molecule has 0 fully saturated rings. The molecule has 2 heterocycles. The van der Waals surface area contributed by atoms with Gasteiger partial charge in [-0.25, -0.2) is 0 Å². The van der Waals surface area contributed by atoms with E-state index in [2.05, 4.69) is 252 Å².